The minimum atomic E-state index is -0.386. The highest BCUT2D eigenvalue weighted by Crippen LogP contribution is 2.33. The molecule has 0 atom stereocenters. The summed E-state index contributed by atoms with van der Waals surface area (Å²) in [6.07, 6.45) is 3.73. The third-order valence-electron chi connectivity index (χ3n) is 7.94. The van der Waals surface area contributed by atoms with Gasteiger partial charge < -0.3 is 19.3 Å². The number of thioether (sulfide) groups is 1. The van der Waals surface area contributed by atoms with E-state index < -0.39 is 0 Å². The number of anilines is 1. The highest BCUT2D eigenvalue weighted by molar-refractivity contribution is 7.99. The van der Waals surface area contributed by atoms with E-state index in [0.29, 0.717) is 61.4 Å². The molecule has 2 aromatic rings. The zero-order chi connectivity index (χ0) is 29.0. The molecule has 41 heavy (non-hydrogen) atoms. The van der Waals surface area contributed by atoms with E-state index in [0.717, 1.165) is 56.2 Å². The van der Waals surface area contributed by atoms with Gasteiger partial charge in [-0.2, -0.15) is 0 Å². The van der Waals surface area contributed by atoms with E-state index in [1.165, 1.54) is 17.3 Å². The van der Waals surface area contributed by atoms with Gasteiger partial charge >= 0.3 is 0 Å². The second kappa shape index (κ2) is 13.2. The number of hydrogen-bond donors (Lipinski definition) is 0. The van der Waals surface area contributed by atoms with Crippen LogP contribution in [0.15, 0.2) is 29.4 Å². The zero-order valence-corrected chi connectivity index (χ0v) is 25.8. The SMILES string of the molecule is CC(C)(C)C(=O)N1CCN(c2cc(Cl)nc(SCC(=O)CCC3CCN(Cc4ccc5c(c4)OCO5)CC3)n2)CC1. The Kier molecular flexibility index (Phi) is 9.61. The molecule has 1 aromatic heterocycles. The van der Waals surface area contributed by atoms with Crippen molar-refractivity contribution in [3.8, 4) is 11.5 Å². The van der Waals surface area contributed by atoms with Crippen molar-refractivity contribution in [1.82, 2.24) is 19.8 Å². The first kappa shape index (κ1) is 29.9. The molecule has 2 fully saturated rings. The van der Waals surface area contributed by atoms with Crippen LogP contribution in [0.1, 0.15) is 52.0 Å². The van der Waals surface area contributed by atoms with Crippen molar-refractivity contribution in [3.05, 3.63) is 35.0 Å². The molecule has 0 saturated carbocycles. The van der Waals surface area contributed by atoms with E-state index in [-0.39, 0.29) is 17.1 Å². The number of ketones is 1. The lowest BCUT2D eigenvalue weighted by Gasteiger charge is -2.38. The summed E-state index contributed by atoms with van der Waals surface area (Å²) in [6, 6.07) is 7.93. The topological polar surface area (TPSA) is 88.1 Å². The molecule has 4 heterocycles. The summed E-state index contributed by atoms with van der Waals surface area (Å²) in [6.45, 7) is 11.8. The van der Waals surface area contributed by atoms with Crippen molar-refractivity contribution in [2.24, 2.45) is 11.3 Å². The van der Waals surface area contributed by atoms with E-state index in [1.54, 1.807) is 6.07 Å². The highest BCUT2D eigenvalue weighted by Gasteiger charge is 2.30. The van der Waals surface area contributed by atoms with Gasteiger partial charge in [-0.15, -0.1) is 0 Å². The predicted octanol–water partition coefficient (Wildman–Crippen LogP) is 4.91. The van der Waals surface area contributed by atoms with Crippen molar-refractivity contribution in [2.75, 3.05) is 56.7 Å². The van der Waals surface area contributed by atoms with Crippen LogP contribution in [0.3, 0.4) is 0 Å². The minimum Gasteiger partial charge on any atom is -0.454 e. The average molecular weight is 602 g/mol. The van der Waals surface area contributed by atoms with Crippen LogP contribution in [-0.2, 0) is 16.1 Å². The molecule has 0 unspecified atom stereocenters. The number of aromatic nitrogens is 2. The Bertz CT molecular complexity index is 1240. The number of likely N-dealkylation sites (tertiary alicyclic amines) is 1. The summed E-state index contributed by atoms with van der Waals surface area (Å²) in [7, 11) is 0. The molecular formula is C30H40ClN5O4S. The number of halogens is 1. The van der Waals surface area contributed by atoms with Gasteiger partial charge in [0.05, 0.1) is 5.75 Å². The number of piperazine rings is 1. The van der Waals surface area contributed by atoms with E-state index in [9.17, 15) is 9.59 Å². The van der Waals surface area contributed by atoms with Crippen LogP contribution in [-0.4, -0.2) is 83.3 Å². The fraction of sp³-hybridized carbons (Fsp3) is 0.600. The fourth-order valence-corrected chi connectivity index (χ4v) is 6.52. The molecule has 0 radical (unpaired) electrons. The third-order valence-corrected chi connectivity index (χ3v) is 9.04. The standard InChI is InChI=1S/C30H40ClN5O4S/c1-30(2,3)28(38)36-14-12-35(13-15-36)27-17-26(31)32-29(33-27)41-19-23(37)6-4-21-8-10-34(11-9-21)18-22-5-7-24-25(16-22)40-20-39-24/h5,7,16-17,21H,4,6,8-15,18-20H2,1-3H3. The Hall–Kier alpha value is -2.56. The molecule has 3 aliphatic heterocycles. The fourth-order valence-electron chi connectivity index (χ4n) is 5.54. The second-order valence-corrected chi connectivity index (χ2v) is 13.5. The molecule has 9 nitrogen and oxygen atoms in total. The van der Waals surface area contributed by atoms with E-state index >= 15 is 0 Å². The van der Waals surface area contributed by atoms with Gasteiger partial charge in [0.1, 0.15) is 16.8 Å². The first-order valence-electron chi connectivity index (χ1n) is 14.5. The van der Waals surface area contributed by atoms with Crippen LogP contribution >= 0.6 is 23.4 Å². The number of piperidine rings is 1. The molecule has 3 aliphatic rings. The number of carbonyl (C=O) groups excluding carboxylic acids is 2. The van der Waals surface area contributed by atoms with Crippen LogP contribution < -0.4 is 14.4 Å². The number of ether oxygens (including phenoxy) is 2. The summed E-state index contributed by atoms with van der Waals surface area (Å²) in [5, 5.41) is 0.886. The molecule has 5 rings (SSSR count). The molecule has 2 saturated heterocycles. The maximum atomic E-state index is 12.7. The number of benzene rings is 1. The summed E-state index contributed by atoms with van der Waals surface area (Å²) < 4.78 is 10.9. The Morgan fingerprint density at radius 2 is 1.73 bits per heavy atom. The maximum Gasteiger partial charge on any atom is 0.231 e. The number of nitrogens with zero attached hydrogens (tertiary/aromatic N) is 5. The lowest BCUT2D eigenvalue weighted by atomic mass is 9.91. The van der Waals surface area contributed by atoms with Crippen molar-refractivity contribution >= 4 is 40.9 Å². The average Bonchev–Trinajstić information content (AvgIpc) is 3.43. The molecule has 0 aliphatic carbocycles. The van der Waals surface area contributed by atoms with Gasteiger partial charge in [-0.3, -0.25) is 14.5 Å². The normalized spacial score (nSPS) is 18.1. The second-order valence-electron chi connectivity index (χ2n) is 12.1. The van der Waals surface area contributed by atoms with Crippen LogP contribution in [0, 0.1) is 11.3 Å². The number of carbonyl (C=O) groups is 2. The lowest BCUT2D eigenvalue weighted by molar-refractivity contribution is -0.139. The quantitative estimate of drug-likeness (QED) is 0.226. The number of fused-ring (bicyclic) bond motifs is 1. The summed E-state index contributed by atoms with van der Waals surface area (Å²) >= 11 is 7.67. The van der Waals surface area contributed by atoms with E-state index in [2.05, 4.69) is 31.9 Å². The van der Waals surface area contributed by atoms with Gasteiger partial charge in [0, 0.05) is 50.6 Å². The molecular weight excluding hydrogens is 562 g/mol. The van der Waals surface area contributed by atoms with E-state index in [4.69, 9.17) is 21.1 Å². The first-order chi connectivity index (χ1) is 19.6. The molecule has 0 spiro atoms. The van der Waals surface area contributed by atoms with Crippen molar-refractivity contribution < 1.29 is 19.1 Å². The van der Waals surface area contributed by atoms with Crippen LogP contribution in [0.25, 0.3) is 0 Å². The number of hydrogen-bond acceptors (Lipinski definition) is 9. The van der Waals surface area contributed by atoms with Crippen LogP contribution in [0.2, 0.25) is 5.15 Å². The van der Waals surface area contributed by atoms with Crippen LogP contribution in [0.4, 0.5) is 5.82 Å². The maximum absolute atomic E-state index is 12.7. The Morgan fingerprint density at radius 1 is 1.00 bits per heavy atom. The molecule has 222 valence electrons. The third kappa shape index (κ3) is 8.05. The molecule has 0 N–H and O–H groups in total. The Labute approximate surface area is 251 Å². The number of rotatable bonds is 9. The lowest BCUT2D eigenvalue weighted by Crippen LogP contribution is -2.51. The minimum absolute atomic E-state index is 0.166. The van der Waals surface area contributed by atoms with Gasteiger partial charge in [0.2, 0.25) is 12.7 Å². The van der Waals surface area contributed by atoms with E-state index in [1.807, 2.05) is 31.7 Å². The largest absolute Gasteiger partial charge is 0.454 e. The molecule has 1 aromatic carbocycles. The highest BCUT2D eigenvalue weighted by atomic mass is 35.5. The molecule has 1 amide bonds. The summed E-state index contributed by atoms with van der Waals surface area (Å²) in [5.41, 5.74) is 0.854. The van der Waals surface area contributed by atoms with Gasteiger partial charge in [-0.1, -0.05) is 50.2 Å². The number of Topliss-reactive ketones (excluding diaryl/α,β-unsaturated/α-hetero) is 1. The molecule has 0 bridgehead atoms. The van der Waals surface area contributed by atoms with Crippen LogP contribution in [0.5, 0.6) is 11.5 Å². The monoisotopic (exact) mass is 601 g/mol. The first-order valence-corrected chi connectivity index (χ1v) is 15.8. The Balaban J connectivity index is 1.02. The van der Waals surface area contributed by atoms with Gasteiger partial charge in [0.15, 0.2) is 16.7 Å². The van der Waals surface area contributed by atoms with Gasteiger partial charge in [0.25, 0.3) is 0 Å². The zero-order valence-electron chi connectivity index (χ0n) is 24.2. The van der Waals surface area contributed by atoms with Crippen molar-refractivity contribution in [1.29, 1.82) is 0 Å². The predicted molar refractivity (Wildman–Crippen MR) is 161 cm³/mol. The smallest absolute Gasteiger partial charge is 0.231 e. The summed E-state index contributed by atoms with van der Waals surface area (Å²) in [5.74, 6) is 3.71. The van der Waals surface area contributed by atoms with Crippen molar-refractivity contribution in [3.63, 3.8) is 0 Å². The van der Waals surface area contributed by atoms with Crippen molar-refractivity contribution in [2.45, 2.75) is 58.2 Å². The van der Waals surface area contributed by atoms with Gasteiger partial charge in [-0.05, 0) is 56.0 Å². The molecule has 11 heteroatoms. The summed E-state index contributed by atoms with van der Waals surface area (Å²) in [4.78, 5) is 40.9. The van der Waals surface area contributed by atoms with Gasteiger partial charge in [-0.25, -0.2) is 9.97 Å². The Morgan fingerprint density at radius 3 is 2.46 bits per heavy atom. The number of amides is 1.